The Hall–Kier alpha value is -0.660. The lowest BCUT2D eigenvalue weighted by Crippen LogP contribution is -2.36. The Morgan fingerprint density at radius 1 is 1.25 bits per heavy atom. The number of nitrogens with zero attached hydrogens (tertiary/aromatic N) is 1. The first-order valence-corrected chi connectivity index (χ1v) is 4.68. The molecule has 0 bridgehead atoms. The third-order valence-corrected chi connectivity index (χ3v) is 1.76. The molecule has 12 heavy (non-hydrogen) atoms. The van der Waals surface area contributed by atoms with Crippen molar-refractivity contribution >= 4 is 0 Å². The summed E-state index contributed by atoms with van der Waals surface area (Å²) in [6, 6.07) is 0.709. The lowest BCUT2D eigenvalue weighted by atomic mass is 10.2. The summed E-state index contributed by atoms with van der Waals surface area (Å²) in [6.07, 6.45) is 2.72. The summed E-state index contributed by atoms with van der Waals surface area (Å²) in [6.45, 7) is 10.4. The zero-order valence-electron chi connectivity index (χ0n) is 8.83. The molecule has 1 N–H and O–H groups in total. The molecule has 0 unspecified atom stereocenters. The van der Waals surface area contributed by atoms with Crippen LogP contribution in [0, 0.1) is 0 Å². The smallest absolute Gasteiger partial charge is 0.183 e. The Kier molecular flexibility index (Phi) is 4.79. The molecule has 0 aromatic carbocycles. The zero-order chi connectivity index (χ0) is 9.72. The fourth-order valence-corrected chi connectivity index (χ4v) is 1.41. The summed E-state index contributed by atoms with van der Waals surface area (Å²) in [5, 5.41) is 9.64. The van der Waals surface area contributed by atoms with Crippen LogP contribution in [-0.4, -0.2) is 22.1 Å². The minimum absolute atomic E-state index is 0.354. The van der Waals surface area contributed by atoms with Gasteiger partial charge in [0.2, 0.25) is 0 Å². The van der Waals surface area contributed by atoms with Gasteiger partial charge in [-0.3, -0.25) is 0 Å². The van der Waals surface area contributed by atoms with Gasteiger partial charge in [-0.05, 0) is 40.2 Å². The van der Waals surface area contributed by atoms with Gasteiger partial charge in [0, 0.05) is 12.1 Å². The minimum atomic E-state index is 0.354. The molecule has 0 aliphatic heterocycles. The molecule has 0 aliphatic carbocycles. The van der Waals surface area contributed by atoms with Crippen LogP contribution in [0.4, 0.5) is 0 Å². The van der Waals surface area contributed by atoms with Gasteiger partial charge in [-0.1, -0.05) is 6.92 Å². The summed E-state index contributed by atoms with van der Waals surface area (Å²) in [7, 11) is 0. The average Bonchev–Trinajstić information content (AvgIpc) is 1.85. The quantitative estimate of drug-likeness (QED) is 0.657. The van der Waals surface area contributed by atoms with Gasteiger partial charge in [0.05, 0.1) is 0 Å². The highest BCUT2D eigenvalue weighted by molar-refractivity contribution is 4.93. The molecule has 0 saturated carbocycles. The topological polar surface area (TPSA) is 23.5 Å². The first-order valence-electron chi connectivity index (χ1n) is 4.68. The normalized spacial score (nSPS) is 12.8. The van der Waals surface area contributed by atoms with Crippen molar-refractivity contribution in [2.24, 2.45) is 0 Å². The molecule has 2 nitrogen and oxygen atoms in total. The Labute approximate surface area is 75.9 Å². The lowest BCUT2D eigenvalue weighted by Gasteiger charge is -2.31. The van der Waals surface area contributed by atoms with Crippen LogP contribution in [0.5, 0.6) is 0 Å². The van der Waals surface area contributed by atoms with E-state index >= 15 is 0 Å². The Bertz CT molecular complexity index is 142. The number of hydrogen-bond donors (Lipinski definition) is 1. The third kappa shape index (κ3) is 3.16. The van der Waals surface area contributed by atoms with Crippen LogP contribution < -0.4 is 0 Å². The van der Waals surface area contributed by atoms with E-state index in [1.54, 1.807) is 0 Å². The lowest BCUT2D eigenvalue weighted by molar-refractivity contribution is 0.133. The monoisotopic (exact) mass is 171 g/mol. The summed E-state index contributed by atoms with van der Waals surface area (Å²) < 4.78 is 0. The largest absolute Gasteiger partial charge is 0.495 e. The standard InChI is InChI=1S/C10H21NO/c1-6-7-10(12)11(8(2)3)9(4)5/h7-9,12H,6H2,1-5H3. The van der Waals surface area contributed by atoms with Crippen LogP contribution >= 0.6 is 0 Å². The molecule has 0 aromatic heterocycles. The second-order valence-corrected chi connectivity index (χ2v) is 3.57. The van der Waals surface area contributed by atoms with E-state index in [4.69, 9.17) is 0 Å². The molecule has 0 radical (unpaired) electrons. The molecule has 0 rings (SSSR count). The van der Waals surface area contributed by atoms with Crippen LogP contribution in [-0.2, 0) is 0 Å². The van der Waals surface area contributed by atoms with Gasteiger partial charge in [0.25, 0.3) is 0 Å². The molecular formula is C10H21NO. The molecule has 0 aliphatic rings. The van der Waals surface area contributed by atoms with Crippen molar-refractivity contribution in [2.75, 3.05) is 0 Å². The molecule has 2 heteroatoms. The number of hydrogen-bond acceptors (Lipinski definition) is 2. The molecule has 0 spiro atoms. The highest BCUT2D eigenvalue weighted by Crippen LogP contribution is 2.11. The van der Waals surface area contributed by atoms with Crippen LogP contribution in [0.15, 0.2) is 12.0 Å². The van der Waals surface area contributed by atoms with E-state index in [9.17, 15) is 5.11 Å². The molecule has 0 heterocycles. The average molecular weight is 171 g/mol. The maximum Gasteiger partial charge on any atom is 0.183 e. The van der Waals surface area contributed by atoms with Gasteiger partial charge in [0.15, 0.2) is 5.88 Å². The van der Waals surface area contributed by atoms with Gasteiger partial charge < -0.3 is 10.0 Å². The van der Waals surface area contributed by atoms with Crippen LogP contribution in [0.1, 0.15) is 41.0 Å². The van der Waals surface area contributed by atoms with E-state index in [-0.39, 0.29) is 0 Å². The Morgan fingerprint density at radius 2 is 1.67 bits per heavy atom. The third-order valence-electron chi connectivity index (χ3n) is 1.76. The van der Waals surface area contributed by atoms with E-state index in [0.717, 1.165) is 6.42 Å². The zero-order valence-corrected chi connectivity index (χ0v) is 8.83. The first kappa shape index (κ1) is 11.3. The van der Waals surface area contributed by atoms with E-state index < -0.39 is 0 Å². The summed E-state index contributed by atoms with van der Waals surface area (Å²) in [4.78, 5) is 2.00. The van der Waals surface area contributed by atoms with Crippen molar-refractivity contribution in [3.05, 3.63) is 12.0 Å². The van der Waals surface area contributed by atoms with Crippen molar-refractivity contribution in [3.63, 3.8) is 0 Å². The van der Waals surface area contributed by atoms with Crippen LogP contribution in [0.25, 0.3) is 0 Å². The number of allylic oxidation sites excluding steroid dienone is 1. The predicted octanol–water partition coefficient (Wildman–Crippen LogP) is 2.91. The number of rotatable bonds is 4. The summed E-state index contributed by atoms with van der Waals surface area (Å²) in [5.41, 5.74) is 0. The molecule has 0 atom stereocenters. The maximum atomic E-state index is 9.64. The van der Waals surface area contributed by atoms with Crippen molar-refractivity contribution in [1.29, 1.82) is 0 Å². The predicted molar refractivity (Wildman–Crippen MR) is 53.1 cm³/mol. The highest BCUT2D eigenvalue weighted by Gasteiger charge is 2.14. The summed E-state index contributed by atoms with van der Waals surface area (Å²) in [5.74, 6) is 0.405. The highest BCUT2D eigenvalue weighted by atomic mass is 16.3. The first-order chi connectivity index (χ1) is 5.50. The molecule has 0 saturated heterocycles. The fraction of sp³-hybridized carbons (Fsp3) is 0.800. The van der Waals surface area contributed by atoms with Gasteiger partial charge >= 0.3 is 0 Å². The second-order valence-electron chi connectivity index (χ2n) is 3.57. The number of aliphatic hydroxyl groups excluding tert-OH is 1. The van der Waals surface area contributed by atoms with Crippen molar-refractivity contribution in [1.82, 2.24) is 4.90 Å². The fourth-order valence-electron chi connectivity index (χ4n) is 1.41. The van der Waals surface area contributed by atoms with Crippen LogP contribution in [0.3, 0.4) is 0 Å². The van der Waals surface area contributed by atoms with Gasteiger partial charge in [-0.15, -0.1) is 0 Å². The molecule has 72 valence electrons. The molecule has 0 fully saturated rings. The van der Waals surface area contributed by atoms with Crippen molar-refractivity contribution in [3.8, 4) is 0 Å². The summed E-state index contributed by atoms with van der Waals surface area (Å²) >= 11 is 0. The van der Waals surface area contributed by atoms with E-state index in [2.05, 4.69) is 27.7 Å². The Balaban J connectivity index is 4.40. The minimum Gasteiger partial charge on any atom is -0.495 e. The molecule has 0 amide bonds. The van der Waals surface area contributed by atoms with E-state index in [1.807, 2.05) is 17.9 Å². The molecular weight excluding hydrogens is 150 g/mol. The van der Waals surface area contributed by atoms with Crippen molar-refractivity contribution < 1.29 is 5.11 Å². The SMILES string of the molecule is CCC=C(O)N(C(C)C)C(C)C. The van der Waals surface area contributed by atoms with E-state index in [1.165, 1.54) is 0 Å². The van der Waals surface area contributed by atoms with Gasteiger partial charge in [-0.2, -0.15) is 0 Å². The maximum absolute atomic E-state index is 9.64. The second kappa shape index (κ2) is 5.07. The van der Waals surface area contributed by atoms with Gasteiger partial charge in [0.1, 0.15) is 0 Å². The Morgan fingerprint density at radius 3 is 1.92 bits per heavy atom. The number of aliphatic hydroxyl groups is 1. The van der Waals surface area contributed by atoms with Crippen molar-refractivity contribution in [2.45, 2.75) is 53.1 Å². The van der Waals surface area contributed by atoms with E-state index in [0.29, 0.717) is 18.0 Å². The molecule has 0 aromatic rings. The van der Waals surface area contributed by atoms with Gasteiger partial charge in [-0.25, -0.2) is 0 Å². The van der Waals surface area contributed by atoms with Crippen LogP contribution in [0.2, 0.25) is 0 Å².